The van der Waals surface area contributed by atoms with Gasteiger partial charge in [0, 0.05) is 18.0 Å². The van der Waals surface area contributed by atoms with E-state index in [0.29, 0.717) is 33.8 Å². The number of anilines is 1. The topological polar surface area (TPSA) is 69.7 Å². The lowest BCUT2D eigenvalue weighted by Crippen LogP contribution is -2.14. The third-order valence-electron chi connectivity index (χ3n) is 3.88. The molecule has 1 aromatic heterocycles. The minimum Gasteiger partial charge on any atom is -0.493 e. The fraction of sp³-hybridized carbons (Fsp3) is 0.143. The summed E-state index contributed by atoms with van der Waals surface area (Å²) < 4.78 is 16.2. The smallest absolute Gasteiger partial charge is 0.228 e. The van der Waals surface area contributed by atoms with Gasteiger partial charge in [0.25, 0.3) is 0 Å². The van der Waals surface area contributed by atoms with Gasteiger partial charge in [-0.25, -0.2) is 4.98 Å². The average Bonchev–Trinajstić information content (AvgIpc) is 2.70. The minimum absolute atomic E-state index is 0.179. The summed E-state index contributed by atoms with van der Waals surface area (Å²) in [4.78, 5) is 16.5. The van der Waals surface area contributed by atoms with Gasteiger partial charge in [-0.1, -0.05) is 29.8 Å². The minimum atomic E-state index is -0.179. The fourth-order valence-corrected chi connectivity index (χ4v) is 2.74. The van der Waals surface area contributed by atoms with Gasteiger partial charge in [0.1, 0.15) is 5.75 Å². The molecule has 0 spiro atoms. The van der Waals surface area contributed by atoms with Crippen LogP contribution in [0.1, 0.15) is 5.56 Å². The number of pyridine rings is 1. The van der Waals surface area contributed by atoms with Crippen LogP contribution in [-0.2, 0) is 11.2 Å². The molecule has 0 aliphatic heterocycles. The van der Waals surface area contributed by atoms with Crippen LogP contribution in [0.3, 0.4) is 0 Å². The molecule has 0 saturated carbocycles. The number of nitrogens with one attached hydrogen (secondary N) is 1. The Kier molecular flexibility index (Phi) is 6.34. The van der Waals surface area contributed by atoms with Crippen LogP contribution in [0.4, 0.5) is 5.69 Å². The van der Waals surface area contributed by atoms with Crippen molar-refractivity contribution in [2.24, 2.45) is 0 Å². The summed E-state index contributed by atoms with van der Waals surface area (Å²) in [5.41, 5.74) is 1.37. The monoisotopic (exact) mass is 398 g/mol. The summed E-state index contributed by atoms with van der Waals surface area (Å²) in [5.74, 6) is 1.83. The van der Waals surface area contributed by atoms with Crippen LogP contribution in [-0.4, -0.2) is 25.1 Å². The van der Waals surface area contributed by atoms with Crippen molar-refractivity contribution in [3.63, 3.8) is 0 Å². The fourth-order valence-electron chi connectivity index (χ4n) is 2.56. The van der Waals surface area contributed by atoms with Gasteiger partial charge in [-0.15, -0.1) is 0 Å². The second-order valence-corrected chi connectivity index (χ2v) is 6.24. The zero-order valence-electron chi connectivity index (χ0n) is 15.4. The summed E-state index contributed by atoms with van der Waals surface area (Å²) in [6.45, 7) is 0. The first-order chi connectivity index (χ1) is 13.6. The molecule has 0 aliphatic carbocycles. The quantitative estimate of drug-likeness (QED) is 0.623. The van der Waals surface area contributed by atoms with Crippen molar-refractivity contribution < 1.29 is 19.0 Å². The average molecular weight is 399 g/mol. The maximum Gasteiger partial charge on any atom is 0.228 e. The molecule has 0 fully saturated rings. The summed E-state index contributed by atoms with van der Waals surface area (Å²) in [6.07, 6.45) is 1.74. The van der Waals surface area contributed by atoms with E-state index < -0.39 is 0 Å². The Balaban J connectivity index is 1.67. The van der Waals surface area contributed by atoms with E-state index in [1.165, 1.54) is 0 Å². The van der Waals surface area contributed by atoms with Gasteiger partial charge in [-0.05, 0) is 35.9 Å². The number of aromatic nitrogens is 1. The van der Waals surface area contributed by atoms with Crippen molar-refractivity contribution in [1.29, 1.82) is 0 Å². The lowest BCUT2D eigenvalue weighted by Gasteiger charge is -2.11. The van der Waals surface area contributed by atoms with Gasteiger partial charge in [-0.2, -0.15) is 0 Å². The molecular weight excluding hydrogens is 380 g/mol. The number of halogens is 1. The van der Waals surface area contributed by atoms with Gasteiger partial charge in [0.15, 0.2) is 11.5 Å². The highest BCUT2D eigenvalue weighted by Gasteiger charge is 2.10. The molecule has 3 rings (SSSR count). The number of para-hydroxylation sites is 1. The molecule has 1 N–H and O–H groups in total. The number of hydrogen-bond acceptors (Lipinski definition) is 5. The van der Waals surface area contributed by atoms with Crippen molar-refractivity contribution in [3.8, 4) is 23.1 Å². The largest absolute Gasteiger partial charge is 0.493 e. The highest BCUT2D eigenvalue weighted by molar-refractivity contribution is 6.32. The number of methoxy groups -OCH3 is 2. The lowest BCUT2D eigenvalue weighted by molar-refractivity contribution is -0.115. The maximum absolute atomic E-state index is 12.4. The van der Waals surface area contributed by atoms with E-state index >= 15 is 0 Å². The molecule has 0 atom stereocenters. The summed E-state index contributed by atoms with van der Waals surface area (Å²) in [6, 6.07) is 15.8. The maximum atomic E-state index is 12.4. The zero-order valence-corrected chi connectivity index (χ0v) is 16.2. The summed E-state index contributed by atoms with van der Waals surface area (Å²) in [7, 11) is 3.12. The Bertz CT molecular complexity index is 978. The van der Waals surface area contributed by atoms with Crippen LogP contribution in [0.15, 0.2) is 60.8 Å². The SMILES string of the molecule is COc1ccc(CC(=O)Nc2ccnc(Oc3ccccc3Cl)c2)cc1OC. The van der Waals surface area contributed by atoms with Crippen LogP contribution < -0.4 is 19.5 Å². The van der Waals surface area contributed by atoms with Crippen molar-refractivity contribution >= 4 is 23.2 Å². The van der Waals surface area contributed by atoms with Gasteiger partial charge in [-0.3, -0.25) is 4.79 Å². The van der Waals surface area contributed by atoms with Gasteiger partial charge in [0.05, 0.1) is 25.7 Å². The van der Waals surface area contributed by atoms with E-state index in [1.54, 1.807) is 56.8 Å². The Morgan fingerprint density at radius 2 is 1.79 bits per heavy atom. The Labute approximate surface area is 168 Å². The standard InChI is InChI=1S/C21H19ClN2O4/c1-26-18-8-7-14(11-19(18)27-2)12-20(25)24-15-9-10-23-21(13-15)28-17-6-4-3-5-16(17)22/h3-11,13H,12H2,1-2H3,(H,23,24,25). The molecule has 0 aliphatic rings. The highest BCUT2D eigenvalue weighted by atomic mass is 35.5. The molecular formula is C21H19ClN2O4. The second-order valence-electron chi connectivity index (χ2n) is 5.83. The Hall–Kier alpha value is -3.25. The Morgan fingerprint density at radius 3 is 2.54 bits per heavy atom. The van der Waals surface area contributed by atoms with Crippen molar-refractivity contribution in [2.45, 2.75) is 6.42 Å². The van der Waals surface area contributed by atoms with E-state index in [2.05, 4.69) is 10.3 Å². The first-order valence-electron chi connectivity index (χ1n) is 8.48. The predicted molar refractivity (Wildman–Crippen MR) is 108 cm³/mol. The Morgan fingerprint density at radius 1 is 1.00 bits per heavy atom. The molecule has 0 bridgehead atoms. The van der Waals surface area contributed by atoms with Crippen molar-refractivity contribution in [1.82, 2.24) is 4.98 Å². The van der Waals surface area contributed by atoms with E-state index in [-0.39, 0.29) is 12.3 Å². The number of nitrogens with zero attached hydrogens (tertiary/aromatic N) is 1. The number of rotatable bonds is 7. The van der Waals surface area contributed by atoms with Crippen LogP contribution in [0.5, 0.6) is 23.1 Å². The lowest BCUT2D eigenvalue weighted by atomic mass is 10.1. The third kappa shape index (κ3) is 4.92. The van der Waals surface area contributed by atoms with Crippen LogP contribution in [0, 0.1) is 0 Å². The van der Waals surface area contributed by atoms with Gasteiger partial charge < -0.3 is 19.5 Å². The molecule has 1 heterocycles. The number of hydrogen-bond donors (Lipinski definition) is 1. The van der Waals surface area contributed by atoms with E-state index in [4.69, 9.17) is 25.8 Å². The third-order valence-corrected chi connectivity index (χ3v) is 4.19. The molecule has 2 aromatic carbocycles. The number of amides is 1. The van der Waals surface area contributed by atoms with Crippen LogP contribution in [0.25, 0.3) is 0 Å². The molecule has 28 heavy (non-hydrogen) atoms. The van der Waals surface area contributed by atoms with Gasteiger partial charge >= 0.3 is 0 Å². The predicted octanol–water partition coefficient (Wildman–Crippen LogP) is 4.73. The van der Waals surface area contributed by atoms with Crippen molar-refractivity contribution in [2.75, 3.05) is 19.5 Å². The van der Waals surface area contributed by atoms with E-state index in [1.807, 2.05) is 18.2 Å². The first-order valence-corrected chi connectivity index (χ1v) is 8.86. The normalized spacial score (nSPS) is 10.2. The van der Waals surface area contributed by atoms with Gasteiger partial charge in [0.2, 0.25) is 11.8 Å². The highest BCUT2D eigenvalue weighted by Crippen LogP contribution is 2.29. The molecule has 0 unspecified atom stereocenters. The van der Waals surface area contributed by atoms with E-state index in [9.17, 15) is 4.79 Å². The number of benzene rings is 2. The van der Waals surface area contributed by atoms with Crippen LogP contribution in [0.2, 0.25) is 5.02 Å². The van der Waals surface area contributed by atoms with Crippen LogP contribution >= 0.6 is 11.6 Å². The molecule has 0 saturated heterocycles. The van der Waals surface area contributed by atoms with Crippen molar-refractivity contribution in [3.05, 3.63) is 71.4 Å². The second kappa shape index (κ2) is 9.10. The molecule has 1 amide bonds. The zero-order chi connectivity index (χ0) is 19.9. The molecule has 3 aromatic rings. The molecule has 0 radical (unpaired) electrons. The number of carbonyl (C=O) groups excluding carboxylic acids is 1. The summed E-state index contributed by atoms with van der Waals surface area (Å²) in [5, 5.41) is 3.31. The molecule has 7 heteroatoms. The number of ether oxygens (including phenoxy) is 3. The van der Waals surface area contributed by atoms with E-state index in [0.717, 1.165) is 5.56 Å². The summed E-state index contributed by atoms with van der Waals surface area (Å²) >= 11 is 6.09. The molecule has 144 valence electrons. The first kappa shape index (κ1) is 19.5. The molecule has 6 nitrogen and oxygen atoms in total. The number of carbonyl (C=O) groups is 1.